The minimum absolute atomic E-state index is 0.00864. The van der Waals surface area contributed by atoms with Gasteiger partial charge >= 0.3 is 0 Å². The van der Waals surface area contributed by atoms with E-state index in [2.05, 4.69) is 10.3 Å². The average Bonchev–Trinajstić information content (AvgIpc) is 2.39. The summed E-state index contributed by atoms with van der Waals surface area (Å²) in [5.41, 5.74) is 0.667. The topological polar surface area (TPSA) is 85.1 Å². The number of carbonyl (C=O) groups is 1. The Balaban J connectivity index is 1.99. The molecule has 0 bridgehead atoms. The first kappa shape index (κ1) is 14.0. The van der Waals surface area contributed by atoms with Gasteiger partial charge in [0.05, 0.1) is 11.3 Å². The number of nitrogens with one attached hydrogen (secondary N) is 1. The molecule has 2 aromatic rings. The van der Waals surface area contributed by atoms with Gasteiger partial charge < -0.3 is 5.32 Å². The van der Waals surface area contributed by atoms with Crippen LogP contribution in [0.25, 0.3) is 0 Å². The van der Waals surface area contributed by atoms with Gasteiger partial charge in [-0.1, -0.05) is 23.7 Å². The summed E-state index contributed by atoms with van der Waals surface area (Å²) in [6.07, 6.45) is 1.59. The van der Waals surface area contributed by atoms with Crippen LogP contribution in [0.5, 0.6) is 0 Å². The van der Waals surface area contributed by atoms with Crippen molar-refractivity contribution >= 4 is 29.0 Å². The van der Waals surface area contributed by atoms with E-state index in [1.807, 2.05) is 0 Å². The van der Waals surface area contributed by atoms with Crippen LogP contribution < -0.4 is 5.32 Å². The summed E-state index contributed by atoms with van der Waals surface area (Å²) >= 11 is 5.78. The first-order chi connectivity index (χ1) is 9.54. The Hall–Kier alpha value is -2.47. The second kappa shape index (κ2) is 6.12. The average molecular weight is 292 g/mol. The highest BCUT2D eigenvalue weighted by Crippen LogP contribution is 2.14. The summed E-state index contributed by atoms with van der Waals surface area (Å²) in [5.74, 6) is 0.0954. The summed E-state index contributed by atoms with van der Waals surface area (Å²) in [7, 11) is 0. The van der Waals surface area contributed by atoms with E-state index in [0.29, 0.717) is 16.4 Å². The molecule has 0 radical (unpaired) electrons. The molecule has 1 heterocycles. The molecule has 0 unspecified atom stereocenters. The molecule has 0 fully saturated rings. The number of nitro groups is 1. The second-order valence-corrected chi connectivity index (χ2v) is 4.44. The van der Waals surface area contributed by atoms with Gasteiger partial charge in [0.15, 0.2) is 0 Å². The van der Waals surface area contributed by atoms with Crippen molar-refractivity contribution in [2.45, 2.75) is 6.42 Å². The molecular formula is C13H10ClN3O3. The number of amides is 1. The molecule has 0 spiro atoms. The highest BCUT2D eigenvalue weighted by Gasteiger charge is 2.08. The molecule has 102 valence electrons. The number of carbonyl (C=O) groups excluding carboxylic acids is 1. The van der Waals surface area contributed by atoms with Gasteiger partial charge in [-0.15, -0.1) is 0 Å². The van der Waals surface area contributed by atoms with E-state index in [9.17, 15) is 14.9 Å². The Labute approximate surface area is 119 Å². The minimum atomic E-state index is -0.486. The fraction of sp³-hybridized carbons (Fsp3) is 0.0769. The lowest BCUT2D eigenvalue weighted by molar-refractivity contribution is -0.384. The van der Waals surface area contributed by atoms with E-state index in [0.717, 1.165) is 0 Å². The lowest BCUT2D eigenvalue weighted by atomic mass is 10.1. The summed E-state index contributed by atoms with van der Waals surface area (Å²) in [4.78, 5) is 25.8. The number of benzene rings is 1. The lowest BCUT2D eigenvalue weighted by Gasteiger charge is -2.04. The summed E-state index contributed by atoms with van der Waals surface area (Å²) < 4.78 is 0. The van der Waals surface area contributed by atoms with Crippen molar-refractivity contribution in [3.05, 3.63) is 63.3 Å². The molecule has 0 aliphatic rings. The molecular weight excluding hydrogens is 282 g/mol. The maximum Gasteiger partial charge on any atom is 0.269 e. The molecule has 7 heteroatoms. The second-order valence-electron chi connectivity index (χ2n) is 4.01. The van der Waals surface area contributed by atoms with Crippen LogP contribution >= 0.6 is 11.6 Å². The molecule has 1 aromatic heterocycles. The number of hydrogen-bond donors (Lipinski definition) is 1. The van der Waals surface area contributed by atoms with E-state index in [1.54, 1.807) is 18.2 Å². The molecule has 0 aliphatic heterocycles. The summed E-state index contributed by atoms with van der Waals surface area (Å²) in [6, 6.07) is 8.95. The molecule has 0 saturated carbocycles. The number of hydrogen-bond acceptors (Lipinski definition) is 4. The number of pyridine rings is 1. The van der Waals surface area contributed by atoms with Crippen molar-refractivity contribution in [3.8, 4) is 0 Å². The van der Waals surface area contributed by atoms with Crippen LogP contribution in [0.1, 0.15) is 5.56 Å². The normalized spacial score (nSPS) is 10.1. The Morgan fingerprint density at radius 2 is 2.00 bits per heavy atom. The number of rotatable bonds is 4. The van der Waals surface area contributed by atoms with E-state index >= 15 is 0 Å². The first-order valence-electron chi connectivity index (χ1n) is 5.69. The Bertz CT molecular complexity index is 644. The predicted octanol–water partition coefficient (Wildman–Crippen LogP) is 2.82. The van der Waals surface area contributed by atoms with Crippen LogP contribution in [0.2, 0.25) is 5.02 Å². The van der Waals surface area contributed by atoms with Crippen LogP contribution in [-0.4, -0.2) is 15.8 Å². The third-order valence-electron chi connectivity index (χ3n) is 2.50. The fourth-order valence-electron chi connectivity index (χ4n) is 1.58. The van der Waals surface area contributed by atoms with E-state index < -0.39 is 4.92 Å². The highest BCUT2D eigenvalue weighted by atomic mass is 35.5. The van der Waals surface area contributed by atoms with Crippen molar-refractivity contribution in [3.63, 3.8) is 0 Å². The number of nitro benzene ring substituents is 1. The third kappa shape index (κ3) is 3.76. The third-order valence-corrected chi connectivity index (χ3v) is 2.74. The molecule has 6 nitrogen and oxygen atoms in total. The first-order valence-corrected chi connectivity index (χ1v) is 6.07. The zero-order chi connectivity index (χ0) is 14.5. The standard InChI is InChI=1S/C13H10ClN3O3/c14-10-5-6-15-12(8-10)16-13(18)7-9-1-3-11(4-2-9)17(19)20/h1-6,8H,7H2,(H,15,16,18). The van der Waals surface area contributed by atoms with E-state index in [-0.39, 0.29) is 18.0 Å². The molecule has 20 heavy (non-hydrogen) atoms. The number of nitrogens with zero attached hydrogens (tertiary/aromatic N) is 2. The van der Waals surface area contributed by atoms with Crippen molar-refractivity contribution < 1.29 is 9.72 Å². The molecule has 0 aliphatic carbocycles. The van der Waals surface area contributed by atoms with Gasteiger partial charge in [0.1, 0.15) is 5.82 Å². The molecule has 1 aromatic carbocycles. The molecule has 1 N–H and O–H groups in total. The number of halogens is 1. The lowest BCUT2D eigenvalue weighted by Crippen LogP contribution is -2.15. The van der Waals surface area contributed by atoms with Crippen molar-refractivity contribution in [1.29, 1.82) is 0 Å². The van der Waals surface area contributed by atoms with Gasteiger partial charge in [-0.3, -0.25) is 14.9 Å². The number of anilines is 1. The zero-order valence-electron chi connectivity index (χ0n) is 10.2. The molecule has 0 saturated heterocycles. The van der Waals surface area contributed by atoms with Crippen LogP contribution in [0.15, 0.2) is 42.6 Å². The highest BCUT2D eigenvalue weighted by molar-refractivity contribution is 6.30. The van der Waals surface area contributed by atoms with E-state index in [4.69, 9.17) is 11.6 Å². The minimum Gasteiger partial charge on any atom is -0.310 e. The number of aromatic nitrogens is 1. The summed E-state index contributed by atoms with van der Waals surface area (Å²) in [5, 5.41) is 13.6. The van der Waals surface area contributed by atoms with Gasteiger partial charge in [0.2, 0.25) is 5.91 Å². The van der Waals surface area contributed by atoms with Crippen molar-refractivity contribution in [2.75, 3.05) is 5.32 Å². The van der Waals surface area contributed by atoms with Gasteiger partial charge in [0.25, 0.3) is 5.69 Å². The maximum atomic E-state index is 11.8. The Morgan fingerprint density at radius 3 is 2.60 bits per heavy atom. The van der Waals surface area contributed by atoms with Crippen LogP contribution in [0, 0.1) is 10.1 Å². The maximum absolute atomic E-state index is 11.8. The van der Waals surface area contributed by atoms with Crippen molar-refractivity contribution in [2.24, 2.45) is 0 Å². The van der Waals surface area contributed by atoms with Crippen LogP contribution in [-0.2, 0) is 11.2 Å². The molecule has 0 atom stereocenters. The van der Waals surface area contributed by atoms with Crippen molar-refractivity contribution in [1.82, 2.24) is 4.98 Å². The fourth-order valence-corrected chi connectivity index (χ4v) is 1.74. The smallest absolute Gasteiger partial charge is 0.269 e. The number of non-ortho nitro benzene ring substituents is 1. The molecule has 2 rings (SSSR count). The Kier molecular flexibility index (Phi) is 4.27. The monoisotopic (exact) mass is 291 g/mol. The Morgan fingerprint density at radius 1 is 1.30 bits per heavy atom. The zero-order valence-corrected chi connectivity index (χ0v) is 11.0. The van der Waals surface area contributed by atoms with Gasteiger partial charge in [-0.25, -0.2) is 4.98 Å². The SMILES string of the molecule is O=C(Cc1ccc([N+](=O)[O-])cc1)Nc1cc(Cl)ccn1. The summed E-state index contributed by atoms with van der Waals surface area (Å²) in [6.45, 7) is 0. The van der Waals surface area contributed by atoms with Crippen LogP contribution in [0.3, 0.4) is 0 Å². The van der Waals surface area contributed by atoms with Gasteiger partial charge in [-0.2, -0.15) is 0 Å². The van der Waals surface area contributed by atoms with Gasteiger partial charge in [0, 0.05) is 23.4 Å². The molecule has 1 amide bonds. The van der Waals surface area contributed by atoms with Crippen LogP contribution in [0.4, 0.5) is 11.5 Å². The predicted molar refractivity (Wildman–Crippen MR) is 74.7 cm³/mol. The van der Waals surface area contributed by atoms with E-state index in [1.165, 1.54) is 24.4 Å². The largest absolute Gasteiger partial charge is 0.310 e. The van der Waals surface area contributed by atoms with Gasteiger partial charge in [-0.05, 0) is 17.7 Å². The quantitative estimate of drug-likeness (QED) is 0.693.